The molecule has 0 fully saturated rings. The fourth-order valence-electron chi connectivity index (χ4n) is 0.981. The lowest BCUT2D eigenvalue weighted by Crippen LogP contribution is -2.27. The van der Waals surface area contributed by atoms with Crippen molar-refractivity contribution >= 4 is 27.8 Å². The number of halogens is 1. The summed E-state index contributed by atoms with van der Waals surface area (Å²) in [6.45, 7) is 0.239. The Morgan fingerprint density at radius 1 is 1.50 bits per heavy atom. The van der Waals surface area contributed by atoms with Gasteiger partial charge in [-0.3, -0.25) is 9.59 Å². The van der Waals surface area contributed by atoms with Crippen LogP contribution in [0.2, 0.25) is 0 Å². The summed E-state index contributed by atoms with van der Waals surface area (Å²) in [5, 5.41) is 2.57. The van der Waals surface area contributed by atoms with E-state index < -0.39 is 0 Å². The maximum atomic E-state index is 11.5. The lowest BCUT2D eigenvalue weighted by atomic mass is 10.3. The van der Waals surface area contributed by atoms with E-state index >= 15 is 0 Å². The summed E-state index contributed by atoms with van der Waals surface area (Å²) < 4.78 is 5.25. The van der Waals surface area contributed by atoms with Crippen LogP contribution in [-0.2, 0) is 9.53 Å². The molecular weight excluding hydrogens is 276 g/mol. The number of methoxy groups -OCH3 is 1. The van der Waals surface area contributed by atoms with Gasteiger partial charge in [0.2, 0.25) is 0 Å². The van der Waals surface area contributed by atoms with E-state index in [-0.39, 0.29) is 24.8 Å². The lowest BCUT2D eigenvalue weighted by molar-refractivity contribution is -0.140. The lowest BCUT2D eigenvalue weighted by Gasteiger charge is -2.03. The van der Waals surface area contributed by atoms with Crippen molar-refractivity contribution in [3.63, 3.8) is 0 Å². The Morgan fingerprint density at radius 2 is 2.25 bits per heavy atom. The topological polar surface area (TPSA) is 68.3 Å². The fraction of sp³-hybridized carbons (Fsp3) is 0.300. The number of amides is 1. The van der Waals surface area contributed by atoms with Crippen molar-refractivity contribution < 1.29 is 14.3 Å². The molecule has 0 spiro atoms. The van der Waals surface area contributed by atoms with Crippen LogP contribution < -0.4 is 5.32 Å². The van der Waals surface area contributed by atoms with Crippen molar-refractivity contribution in [1.29, 1.82) is 0 Å². The summed E-state index contributed by atoms with van der Waals surface area (Å²) >= 11 is 3.22. The van der Waals surface area contributed by atoms with Crippen LogP contribution in [0.3, 0.4) is 0 Å². The molecule has 16 heavy (non-hydrogen) atoms. The van der Waals surface area contributed by atoms with Gasteiger partial charge in [0.25, 0.3) is 5.91 Å². The minimum absolute atomic E-state index is 0.152. The molecule has 86 valence electrons. The summed E-state index contributed by atoms with van der Waals surface area (Å²) in [6.07, 6.45) is 1.69. The molecule has 0 radical (unpaired) electrons. The van der Waals surface area contributed by atoms with E-state index in [9.17, 15) is 9.59 Å². The van der Waals surface area contributed by atoms with Gasteiger partial charge in [-0.1, -0.05) is 0 Å². The van der Waals surface area contributed by atoms with Gasteiger partial charge in [0.1, 0.15) is 5.69 Å². The van der Waals surface area contributed by atoms with Gasteiger partial charge in [-0.25, -0.2) is 4.98 Å². The average Bonchev–Trinajstić information content (AvgIpc) is 2.29. The fourth-order valence-corrected chi connectivity index (χ4v) is 1.22. The van der Waals surface area contributed by atoms with Crippen molar-refractivity contribution in [2.75, 3.05) is 13.7 Å². The van der Waals surface area contributed by atoms with E-state index in [0.717, 1.165) is 4.47 Å². The van der Waals surface area contributed by atoms with Gasteiger partial charge in [-0.15, -0.1) is 0 Å². The number of ether oxygens (including phenoxy) is 1. The Bertz CT molecular complexity index is 378. The summed E-state index contributed by atoms with van der Waals surface area (Å²) in [6, 6.07) is 3.32. The number of carbonyl (C=O) groups excluding carboxylic acids is 2. The van der Waals surface area contributed by atoms with Gasteiger partial charge in [0.05, 0.1) is 13.5 Å². The standard InChI is InChI=1S/C10H11BrN2O3/c1-16-9(14)4-5-12-10(15)8-3-2-7(11)6-13-8/h2-3,6H,4-5H2,1H3,(H,12,15). The first-order chi connectivity index (χ1) is 7.63. The number of nitrogens with zero attached hydrogens (tertiary/aromatic N) is 1. The zero-order chi connectivity index (χ0) is 12.0. The van der Waals surface area contributed by atoms with Gasteiger partial charge in [-0.2, -0.15) is 0 Å². The molecule has 0 aliphatic carbocycles. The van der Waals surface area contributed by atoms with Crippen LogP contribution in [0.5, 0.6) is 0 Å². The van der Waals surface area contributed by atoms with E-state index in [1.807, 2.05) is 0 Å². The smallest absolute Gasteiger partial charge is 0.307 e. The molecule has 0 saturated carbocycles. The van der Waals surface area contributed by atoms with Crippen LogP contribution in [0, 0.1) is 0 Å². The van der Waals surface area contributed by atoms with Crippen LogP contribution in [0.15, 0.2) is 22.8 Å². The molecule has 5 nitrogen and oxygen atoms in total. The molecule has 1 aromatic rings. The summed E-state index contributed by atoms with van der Waals surface area (Å²) in [5.74, 6) is -0.666. The van der Waals surface area contributed by atoms with E-state index in [4.69, 9.17) is 0 Å². The maximum Gasteiger partial charge on any atom is 0.307 e. The van der Waals surface area contributed by atoms with Crippen molar-refractivity contribution in [2.24, 2.45) is 0 Å². The second-order valence-electron chi connectivity index (χ2n) is 2.94. The molecule has 0 bridgehead atoms. The quantitative estimate of drug-likeness (QED) is 0.843. The number of pyridine rings is 1. The van der Waals surface area contributed by atoms with Crippen LogP contribution in [0.25, 0.3) is 0 Å². The Kier molecular flexibility index (Phi) is 4.91. The number of nitrogens with one attached hydrogen (secondary N) is 1. The highest BCUT2D eigenvalue weighted by Gasteiger charge is 2.07. The first-order valence-electron chi connectivity index (χ1n) is 4.60. The number of carbonyl (C=O) groups is 2. The first-order valence-corrected chi connectivity index (χ1v) is 5.39. The number of rotatable bonds is 4. The molecular formula is C10H11BrN2O3. The second kappa shape index (κ2) is 6.22. The second-order valence-corrected chi connectivity index (χ2v) is 3.86. The molecule has 0 saturated heterocycles. The molecule has 1 rings (SSSR count). The highest BCUT2D eigenvalue weighted by Crippen LogP contribution is 2.07. The Hall–Kier alpha value is -1.43. The molecule has 1 aromatic heterocycles. The van der Waals surface area contributed by atoms with Crippen molar-refractivity contribution in [1.82, 2.24) is 10.3 Å². The third-order valence-electron chi connectivity index (χ3n) is 1.80. The number of hydrogen-bond acceptors (Lipinski definition) is 4. The van der Waals surface area contributed by atoms with Crippen molar-refractivity contribution in [3.05, 3.63) is 28.5 Å². The molecule has 0 unspecified atom stereocenters. The zero-order valence-corrected chi connectivity index (χ0v) is 10.3. The first kappa shape index (κ1) is 12.6. The minimum Gasteiger partial charge on any atom is -0.469 e. The Morgan fingerprint density at radius 3 is 2.81 bits per heavy atom. The molecule has 6 heteroatoms. The summed E-state index contributed by atoms with van der Waals surface area (Å²) in [5.41, 5.74) is 0.313. The molecule has 1 N–H and O–H groups in total. The van der Waals surface area contributed by atoms with Crippen LogP contribution in [0.1, 0.15) is 16.9 Å². The van der Waals surface area contributed by atoms with E-state index in [0.29, 0.717) is 5.69 Å². The maximum absolute atomic E-state index is 11.5. The van der Waals surface area contributed by atoms with Gasteiger partial charge in [0, 0.05) is 17.2 Å². The number of hydrogen-bond donors (Lipinski definition) is 1. The van der Waals surface area contributed by atoms with E-state index in [1.165, 1.54) is 13.3 Å². The third-order valence-corrected chi connectivity index (χ3v) is 2.27. The SMILES string of the molecule is COC(=O)CCNC(=O)c1ccc(Br)cn1. The molecule has 0 aliphatic heterocycles. The van der Waals surface area contributed by atoms with E-state index in [1.54, 1.807) is 12.1 Å². The molecule has 1 amide bonds. The largest absolute Gasteiger partial charge is 0.469 e. The highest BCUT2D eigenvalue weighted by molar-refractivity contribution is 9.10. The third kappa shape index (κ3) is 3.98. The number of aromatic nitrogens is 1. The molecule has 0 aliphatic rings. The minimum atomic E-state index is -0.357. The number of esters is 1. The van der Waals surface area contributed by atoms with Crippen molar-refractivity contribution in [3.8, 4) is 0 Å². The zero-order valence-electron chi connectivity index (χ0n) is 8.70. The molecule has 0 atom stereocenters. The average molecular weight is 287 g/mol. The van der Waals surface area contributed by atoms with Crippen LogP contribution >= 0.6 is 15.9 Å². The predicted octanol–water partition coefficient (Wildman–Crippen LogP) is 1.14. The van der Waals surface area contributed by atoms with E-state index in [2.05, 4.69) is 31.0 Å². The Labute approximate surface area is 101 Å². The highest BCUT2D eigenvalue weighted by atomic mass is 79.9. The molecule has 0 aromatic carbocycles. The van der Waals surface area contributed by atoms with Crippen molar-refractivity contribution in [2.45, 2.75) is 6.42 Å². The monoisotopic (exact) mass is 286 g/mol. The van der Waals surface area contributed by atoms with Crippen LogP contribution in [-0.4, -0.2) is 30.5 Å². The predicted molar refractivity (Wildman–Crippen MR) is 60.9 cm³/mol. The normalized spacial score (nSPS) is 9.62. The van der Waals surface area contributed by atoms with Gasteiger partial charge < -0.3 is 10.1 Å². The summed E-state index contributed by atoms with van der Waals surface area (Å²) in [4.78, 5) is 26.2. The van der Waals surface area contributed by atoms with Gasteiger partial charge in [-0.05, 0) is 28.1 Å². The summed E-state index contributed by atoms with van der Waals surface area (Å²) in [7, 11) is 1.31. The Balaban J connectivity index is 2.41. The molecule has 1 heterocycles. The van der Waals surface area contributed by atoms with Gasteiger partial charge >= 0.3 is 5.97 Å². The van der Waals surface area contributed by atoms with Gasteiger partial charge in [0.15, 0.2) is 0 Å². The van der Waals surface area contributed by atoms with Crippen LogP contribution in [0.4, 0.5) is 0 Å².